The number of carbonyl (C=O) groups excluding carboxylic acids is 1. The number of pyridine rings is 1. The van der Waals surface area contributed by atoms with E-state index in [-0.39, 0.29) is 11.7 Å². The largest absolute Gasteiger partial charge is 0.505 e. The van der Waals surface area contributed by atoms with Crippen LogP contribution in [0.1, 0.15) is 24.1 Å². The van der Waals surface area contributed by atoms with Crippen LogP contribution in [0.25, 0.3) is 10.9 Å². The molecule has 1 heterocycles. The summed E-state index contributed by atoms with van der Waals surface area (Å²) < 4.78 is 0. The van der Waals surface area contributed by atoms with Gasteiger partial charge in [-0.3, -0.25) is 9.78 Å². The average molecular weight is 361 g/mol. The van der Waals surface area contributed by atoms with Crippen molar-refractivity contribution in [2.45, 2.75) is 13.0 Å². The van der Waals surface area contributed by atoms with Crippen molar-refractivity contribution in [1.29, 1.82) is 0 Å². The molecule has 0 fully saturated rings. The highest BCUT2D eigenvalue weighted by Crippen LogP contribution is 2.38. The molecule has 3 rings (SSSR count). The SMILES string of the molecule is CC(=O)NC(c1cccc(Cl)c1)c1cc(Cl)c2cccnc2c1O. The number of aromatic hydroxyl groups is 1. The summed E-state index contributed by atoms with van der Waals surface area (Å²) in [4.78, 5) is 15.9. The lowest BCUT2D eigenvalue weighted by atomic mass is 9.96. The molecule has 4 nitrogen and oxygen atoms in total. The van der Waals surface area contributed by atoms with Crippen molar-refractivity contribution < 1.29 is 9.90 Å². The number of halogens is 2. The van der Waals surface area contributed by atoms with Crippen molar-refractivity contribution in [2.75, 3.05) is 0 Å². The standard InChI is InChI=1S/C18H14Cl2N2O2/c1-10(23)22-16(11-4-2-5-12(19)8-11)14-9-15(20)13-6-3-7-21-17(13)18(14)24/h2-9,16,24H,1H3,(H,22,23). The summed E-state index contributed by atoms with van der Waals surface area (Å²) in [7, 11) is 0. The zero-order valence-electron chi connectivity index (χ0n) is 12.8. The molecule has 2 N–H and O–H groups in total. The van der Waals surface area contributed by atoms with Gasteiger partial charge in [0.05, 0.1) is 11.1 Å². The van der Waals surface area contributed by atoms with Gasteiger partial charge in [0.2, 0.25) is 5.91 Å². The Balaban J connectivity index is 2.23. The van der Waals surface area contributed by atoms with Crippen LogP contribution in [0.15, 0.2) is 48.7 Å². The molecule has 0 aliphatic heterocycles. The van der Waals surface area contributed by atoms with E-state index in [9.17, 15) is 9.90 Å². The quantitative estimate of drug-likeness (QED) is 0.723. The van der Waals surface area contributed by atoms with Crippen LogP contribution >= 0.6 is 23.2 Å². The predicted molar refractivity (Wildman–Crippen MR) is 95.5 cm³/mol. The van der Waals surface area contributed by atoms with E-state index in [1.54, 1.807) is 42.6 Å². The molecule has 6 heteroatoms. The van der Waals surface area contributed by atoms with E-state index in [0.29, 0.717) is 26.5 Å². The van der Waals surface area contributed by atoms with E-state index in [0.717, 1.165) is 5.56 Å². The first-order valence-corrected chi connectivity index (χ1v) is 8.01. The third-order valence-electron chi connectivity index (χ3n) is 3.69. The molecule has 0 aliphatic rings. The van der Waals surface area contributed by atoms with Gasteiger partial charge in [0.15, 0.2) is 0 Å². The molecule has 2 aromatic carbocycles. The van der Waals surface area contributed by atoms with Gasteiger partial charge in [-0.1, -0.05) is 35.3 Å². The van der Waals surface area contributed by atoms with Crippen molar-refractivity contribution in [3.05, 3.63) is 69.8 Å². The Labute approximate surface area is 149 Å². The highest BCUT2D eigenvalue weighted by Gasteiger charge is 2.22. The van der Waals surface area contributed by atoms with E-state index in [1.165, 1.54) is 6.92 Å². The van der Waals surface area contributed by atoms with E-state index >= 15 is 0 Å². The zero-order chi connectivity index (χ0) is 17.3. The lowest BCUT2D eigenvalue weighted by Crippen LogP contribution is -2.27. The lowest BCUT2D eigenvalue weighted by Gasteiger charge is -2.21. The number of nitrogens with one attached hydrogen (secondary N) is 1. The summed E-state index contributed by atoms with van der Waals surface area (Å²) in [5.41, 5.74) is 1.58. The first-order valence-electron chi connectivity index (χ1n) is 7.26. The fourth-order valence-corrected chi connectivity index (χ4v) is 3.12. The summed E-state index contributed by atoms with van der Waals surface area (Å²) in [6.07, 6.45) is 1.58. The Hall–Kier alpha value is -2.30. The second-order valence-electron chi connectivity index (χ2n) is 5.38. The molecule has 0 saturated carbocycles. The van der Waals surface area contributed by atoms with Gasteiger partial charge in [0.25, 0.3) is 0 Å². The van der Waals surface area contributed by atoms with Gasteiger partial charge in [-0.15, -0.1) is 0 Å². The maximum atomic E-state index is 11.7. The number of phenols is 1. The van der Waals surface area contributed by atoms with Gasteiger partial charge in [-0.2, -0.15) is 0 Å². The van der Waals surface area contributed by atoms with Gasteiger partial charge in [-0.25, -0.2) is 0 Å². The van der Waals surface area contributed by atoms with Gasteiger partial charge in [0, 0.05) is 29.1 Å². The van der Waals surface area contributed by atoms with E-state index < -0.39 is 6.04 Å². The van der Waals surface area contributed by atoms with Crippen molar-refractivity contribution in [1.82, 2.24) is 10.3 Å². The fourth-order valence-electron chi connectivity index (χ4n) is 2.66. The van der Waals surface area contributed by atoms with Gasteiger partial charge in [-0.05, 0) is 35.9 Å². The molecule has 0 spiro atoms. The third-order valence-corrected chi connectivity index (χ3v) is 4.23. The summed E-state index contributed by atoms with van der Waals surface area (Å²) >= 11 is 12.4. The molecule has 0 aliphatic carbocycles. The number of phenolic OH excluding ortho intramolecular Hbond substituents is 1. The lowest BCUT2D eigenvalue weighted by molar-refractivity contribution is -0.119. The molecular weight excluding hydrogens is 347 g/mol. The van der Waals surface area contributed by atoms with Gasteiger partial charge in [0.1, 0.15) is 11.3 Å². The van der Waals surface area contributed by atoms with E-state index in [1.807, 2.05) is 6.07 Å². The molecule has 122 valence electrons. The van der Waals surface area contributed by atoms with E-state index in [4.69, 9.17) is 23.2 Å². The monoisotopic (exact) mass is 360 g/mol. The Morgan fingerprint density at radius 3 is 2.71 bits per heavy atom. The number of hydrogen-bond acceptors (Lipinski definition) is 3. The Bertz CT molecular complexity index is 928. The Kier molecular flexibility index (Phi) is 4.60. The summed E-state index contributed by atoms with van der Waals surface area (Å²) in [5, 5.41) is 15.1. The number of carbonyl (C=O) groups is 1. The molecule has 24 heavy (non-hydrogen) atoms. The van der Waals surface area contributed by atoms with E-state index in [2.05, 4.69) is 10.3 Å². The van der Waals surface area contributed by atoms with Crippen molar-refractivity contribution in [3.8, 4) is 5.75 Å². The molecule has 1 amide bonds. The summed E-state index contributed by atoms with van der Waals surface area (Å²) in [6.45, 7) is 1.41. The molecular formula is C18H14Cl2N2O2. The van der Waals surface area contributed by atoms with Crippen molar-refractivity contribution in [2.24, 2.45) is 0 Å². The second kappa shape index (κ2) is 6.67. The molecule has 0 saturated heterocycles. The normalized spacial score (nSPS) is 12.1. The Morgan fingerprint density at radius 2 is 2.00 bits per heavy atom. The minimum Gasteiger partial charge on any atom is -0.505 e. The van der Waals surface area contributed by atoms with Gasteiger partial charge < -0.3 is 10.4 Å². The molecule has 1 unspecified atom stereocenters. The first kappa shape index (κ1) is 16.6. The highest BCUT2D eigenvalue weighted by molar-refractivity contribution is 6.35. The van der Waals surface area contributed by atoms with Gasteiger partial charge >= 0.3 is 0 Å². The maximum Gasteiger partial charge on any atom is 0.217 e. The molecule has 1 atom stereocenters. The Morgan fingerprint density at radius 1 is 1.21 bits per heavy atom. The van der Waals surface area contributed by atoms with Crippen molar-refractivity contribution in [3.63, 3.8) is 0 Å². The summed E-state index contributed by atoms with van der Waals surface area (Å²) in [6, 6.07) is 11.7. The minimum absolute atomic E-state index is 0.0197. The number of amides is 1. The molecule has 0 bridgehead atoms. The first-order chi connectivity index (χ1) is 11.5. The fraction of sp³-hybridized carbons (Fsp3) is 0.111. The zero-order valence-corrected chi connectivity index (χ0v) is 14.3. The van der Waals surface area contributed by atoms with Crippen molar-refractivity contribution >= 4 is 40.0 Å². The number of hydrogen-bond donors (Lipinski definition) is 2. The number of benzene rings is 2. The van der Waals surface area contributed by atoms with Crippen LogP contribution in [-0.2, 0) is 4.79 Å². The third kappa shape index (κ3) is 3.16. The van der Waals surface area contributed by atoms with Crippen LogP contribution in [0, 0.1) is 0 Å². The van der Waals surface area contributed by atoms with Crippen LogP contribution < -0.4 is 5.32 Å². The minimum atomic E-state index is -0.592. The maximum absolute atomic E-state index is 11.7. The second-order valence-corrected chi connectivity index (χ2v) is 6.23. The van der Waals surface area contributed by atoms with Crippen LogP contribution in [0.2, 0.25) is 10.0 Å². The average Bonchev–Trinajstić information content (AvgIpc) is 2.56. The van der Waals surface area contributed by atoms with Crippen LogP contribution in [-0.4, -0.2) is 16.0 Å². The molecule has 3 aromatic rings. The molecule has 1 aromatic heterocycles. The van der Waals surface area contributed by atoms with Crippen LogP contribution in [0.3, 0.4) is 0 Å². The number of rotatable bonds is 3. The number of fused-ring (bicyclic) bond motifs is 1. The topological polar surface area (TPSA) is 62.2 Å². The number of aromatic nitrogens is 1. The number of nitrogens with zero attached hydrogens (tertiary/aromatic N) is 1. The van der Waals surface area contributed by atoms with Crippen LogP contribution in [0.5, 0.6) is 5.75 Å². The molecule has 0 radical (unpaired) electrons. The smallest absolute Gasteiger partial charge is 0.217 e. The predicted octanol–water partition coefficient (Wildman–Crippen LogP) is 4.47. The highest BCUT2D eigenvalue weighted by atomic mass is 35.5. The summed E-state index contributed by atoms with van der Waals surface area (Å²) in [5.74, 6) is -0.259. The van der Waals surface area contributed by atoms with Crippen LogP contribution in [0.4, 0.5) is 0 Å².